The lowest BCUT2D eigenvalue weighted by Crippen LogP contribution is -2.55. The van der Waals surface area contributed by atoms with Gasteiger partial charge in [-0.05, 0) is 36.4 Å². The van der Waals surface area contributed by atoms with Crippen LogP contribution in [0.15, 0.2) is 119 Å². The van der Waals surface area contributed by atoms with Gasteiger partial charge in [-0.2, -0.15) is 0 Å². The summed E-state index contributed by atoms with van der Waals surface area (Å²) in [6.45, 7) is 0. The van der Waals surface area contributed by atoms with E-state index in [0.717, 1.165) is 32.3 Å². The Balaban J connectivity index is 1.73. The number of benzene rings is 4. The number of rotatable bonds is 5. The minimum atomic E-state index is -1.24. The number of fused-ring (bicyclic) bond motifs is 2. The zero-order chi connectivity index (χ0) is 24.9. The molecule has 4 aromatic rings. The van der Waals surface area contributed by atoms with Gasteiger partial charge < -0.3 is 9.80 Å². The van der Waals surface area contributed by atoms with Crippen LogP contribution in [-0.4, -0.2) is 25.9 Å². The van der Waals surface area contributed by atoms with E-state index in [-0.39, 0.29) is 11.8 Å². The van der Waals surface area contributed by atoms with Crippen molar-refractivity contribution in [1.29, 1.82) is 0 Å². The lowest BCUT2D eigenvalue weighted by Gasteiger charge is -2.43. The van der Waals surface area contributed by atoms with E-state index in [2.05, 4.69) is 0 Å². The monoisotopic (exact) mass is 508 g/mol. The Morgan fingerprint density at radius 3 is 1.22 bits per heavy atom. The smallest absolute Gasteiger partial charge is 0.250 e. The number of nitrogens with zero attached hydrogens (tertiary/aromatic N) is 2. The number of hydrogen-bond donors (Lipinski definition) is 0. The Hall–Kier alpha value is -3.48. The number of anilines is 2. The molecule has 4 nitrogen and oxygen atoms in total. The SMILES string of the molecule is CN1C(=O)C(Sc2ccccc2)(C2(Sc3ccccc3)C(=O)N(C)c3ccccc32)c2ccccc21. The van der Waals surface area contributed by atoms with Gasteiger partial charge in [0.2, 0.25) is 11.8 Å². The molecule has 0 aliphatic carbocycles. The van der Waals surface area contributed by atoms with Gasteiger partial charge in [0.05, 0.1) is 0 Å². The largest absolute Gasteiger partial charge is 0.314 e. The second-order valence-corrected chi connectivity index (χ2v) is 11.5. The highest BCUT2D eigenvalue weighted by molar-refractivity contribution is 8.05. The van der Waals surface area contributed by atoms with Gasteiger partial charge in [-0.15, -0.1) is 23.5 Å². The number of carbonyl (C=O) groups is 2. The first kappa shape index (κ1) is 23.0. The normalized spacial score (nSPS) is 22.6. The molecule has 0 radical (unpaired) electrons. The van der Waals surface area contributed by atoms with Gasteiger partial charge in [-0.3, -0.25) is 9.59 Å². The van der Waals surface area contributed by atoms with Crippen LogP contribution >= 0.6 is 23.5 Å². The molecule has 2 aliphatic heterocycles. The van der Waals surface area contributed by atoms with Gasteiger partial charge in [-0.25, -0.2) is 0 Å². The summed E-state index contributed by atoms with van der Waals surface area (Å²) in [5, 5.41) is 0. The van der Waals surface area contributed by atoms with Gasteiger partial charge in [0, 0.05) is 46.4 Å². The first-order valence-electron chi connectivity index (χ1n) is 11.7. The van der Waals surface area contributed by atoms with E-state index >= 15 is 0 Å². The Morgan fingerprint density at radius 1 is 0.500 bits per heavy atom. The summed E-state index contributed by atoms with van der Waals surface area (Å²) in [6.07, 6.45) is 0. The van der Waals surface area contributed by atoms with Crippen LogP contribution in [-0.2, 0) is 19.1 Å². The van der Waals surface area contributed by atoms with Crippen molar-refractivity contribution < 1.29 is 9.59 Å². The van der Waals surface area contributed by atoms with E-state index in [0.29, 0.717) is 0 Å². The zero-order valence-corrected chi connectivity index (χ0v) is 21.6. The molecule has 0 saturated carbocycles. The van der Waals surface area contributed by atoms with E-state index < -0.39 is 9.49 Å². The summed E-state index contributed by atoms with van der Waals surface area (Å²) in [6, 6.07) is 35.6. The van der Waals surface area contributed by atoms with E-state index in [9.17, 15) is 9.59 Å². The molecule has 2 unspecified atom stereocenters. The Kier molecular flexibility index (Phi) is 5.47. The molecular weight excluding hydrogens is 484 g/mol. The molecule has 0 N–H and O–H groups in total. The predicted octanol–water partition coefficient (Wildman–Crippen LogP) is 6.31. The van der Waals surface area contributed by atoms with Crippen molar-refractivity contribution in [3.05, 3.63) is 120 Å². The zero-order valence-electron chi connectivity index (χ0n) is 19.9. The fraction of sp³-hybridized carbons (Fsp3) is 0.133. The average molecular weight is 509 g/mol. The Bertz CT molecular complexity index is 1360. The number of carbonyl (C=O) groups excluding carboxylic acids is 2. The summed E-state index contributed by atoms with van der Waals surface area (Å²) < 4.78 is -2.48. The first-order valence-corrected chi connectivity index (χ1v) is 13.4. The summed E-state index contributed by atoms with van der Waals surface area (Å²) in [4.78, 5) is 34.6. The van der Waals surface area contributed by atoms with Crippen LogP contribution in [0.25, 0.3) is 0 Å². The van der Waals surface area contributed by atoms with Crippen molar-refractivity contribution in [1.82, 2.24) is 0 Å². The third-order valence-electron chi connectivity index (χ3n) is 7.03. The molecule has 0 fully saturated rings. The molecule has 2 heterocycles. The first-order chi connectivity index (χ1) is 17.5. The molecule has 6 rings (SSSR count). The quantitative estimate of drug-likeness (QED) is 0.317. The molecule has 2 aliphatic rings. The highest BCUT2D eigenvalue weighted by Crippen LogP contribution is 2.69. The number of para-hydroxylation sites is 2. The Labute approximate surface area is 219 Å². The van der Waals surface area contributed by atoms with Crippen molar-refractivity contribution >= 4 is 46.7 Å². The molecule has 0 spiro atoms. The van der Waals surface area contributed by atoms with Gasteiger partial charge in [-0.1, -0.05) is 72.8 Å². The van der Waals surface area contributed by atoms with Crippen LogP contribution in [0, 0.1) is 0 Å². The molecule has 4 aromatic carbocycles. The Morgan fingerprint density at radius 2 is 0.833 bits per heavy atom. The second-order valence-electron chi connectivity index (χ2n) is 8.96. The fourth-order valence-electron chi connectivity index (χ4n) is 5.40. The van der Waals surface area contributed by atoms with Crippen molar-refractivity contribution in [2.45, 2.75) is 19.3 Å². The molecule has 0 bridgehead atoms. The summed E-state index contributed by atoms with van der Waals surface area (Å²) >= 11 is 2.96. The highest BCUT2D eigenvalue weighted by atomic mass is 32.2. The predicted molar refractivity (Wildman–Crippen MR) is 148 cm³/mol. The molecule has 178 valence electrons. The molecule has 2 amide bonds. The topological polar surface area (TPSA) is 40.6 Å². The molecule has 0 aromatic heterocycles. The van der Waals surface area contributed by atoms with E-state index in [1.165, 1.54) is 23.5 Å². The standard InChI is InChI=1S/C30H24N2O2S2/c1-31-25-19-11-9-17-23(25)29(27(31)33,35-21-13-5-3-6-14-21)30(36-22-15-7-4-8-16-22)24-18-10-12-20-26(24)32(2)28(30)34/h3-20H,1-2H3. The maximum Gasteiger partial charge on any atom is 0.250 e. The number of amides is 2. The fourth-order valence-corrected chi connectivity index (χ4v) is 8.64. The van der Waals surface area contributed by atoms with Crippen LogP contribution in [0.3, 0.4) is 0 Å². The molecular formula is C30H24N2O2S2. The van der Waals surface area contributed by atoms with Crippen LogP contribution in [0.2, 0.25) is 0 Å². The van der Waals surface area contributed by atoms with Crippen molar-refractivity contribution in [3.63, 3.8) is 0 Å². The van der Waals surface area contributed by atoms with Crippen molar-refractivity contribution in [3.8, 4) is 0 Å². The summed E-state index contributed by atoms with van der Waals surface area (Å²) in [7, 11) is 3.62. The van der Waals surface area contributed by atoms with Crippen LogP contribution in [0.1, 0.15) is 11.1 Å². The molecule has 6 heteroatoms. The van der Waals surface area contributed by atoms with Gasteiger partial charge in [0.15, 0.2) is 9.49 Å². The number of thioether (sulfide) groups is 2. The van der Waals surface area contributed by atoms with Gasteiger partial charge >= 0.3 is 0 Å². The third-order valence-corrected chi connectivity index (χ3v) is 10.2. The van der Waals surface area contributed by atoms with Crippen LogP contribution < -0.4 is 9.80 Å². The van der Waals surface area contributed by atoms with Crippen molar-refractivity contribution in [2.75, 3.05) is 23.9 Å². The van der Waals surface area contributed by atoms with Gasteiger partial charge in [0.25, 0.3) is 0 Å². The van der Waals surface area contributed by atoms with Gasteiger partial charge in [0.1, 0.15) is 0 Å². The van der Waals surface area contributed by atoms with Crippen molar-refractivity contribution in [2.24, 2.45) is 0 Å². The summed E-state index contributed by atoms with van der Waals surface area (Å²) in [5.41, 5.74) is 3.37. The second kappa shape index (κ2) is 8.57. The molecule has 0 saturated heterocycles. The van der Waals surface area contributed by atoms with Crippen LogP contribution in [0.5, 0.6) is 0 Å². The summed E-state index contributed by atoms with van der Waals surface area (Å²) in [5.74, 6) is -0.195. The van der Waals surface area contributed by atoms with E-state index in [4.69, 9.17) is 0 Å². The third kappa shape index (κ3) is 3.04. The highest BCUT2D eigenvalue weighted by Gasteiger charge is 2.71. The number of likely N-dealkylation sites (N-methyl/N-ethyl adjacent to an activating group) is 2. The number of hydrogen-bond acceptors (Lipinski definition) is 4. The maximum atomic E-state index is 14.7. The molecule has 2 atom stereocenters. The lowest BCUT2D eigenvalue weighted by atomic mass is 9.80. The average Bonchev–Trinajstić information content (AvgIpc) is 3.27. The lowest BCUT2D eigenvalue weighted by molar-refractivity contribution is -0.127. The maximum absolute atomic E-state index is 14.7. The molecule has 36 heavy (non-hydrogen) atoms. The minimum Gasteiger partial charge on any atom is -0.314 e. The minimum absolute atomic E-state index is 0.0977. The van der Waals surface area contributed by atoms with Crippen LogP contribution in [0.4, 0.5) is 11.4 Å². The van der Waals surface area contributed by atoms with E-state index in [1.807, 2.05) is 123 Å². The van der Waals surface area contributed by atoms with E-state index in [1.54, 1.807) is 9.80 Å².